The average molecular weight is 472 g/mol. The molecule has 1 amide bonds. The Hall–Kier alpha value is -2.94. The fraction of sp³-hybridized carbons (Fsp3) is 0.333. The predicted octanol–water partition coefficient (Wildman–Crippen LogP) is 2.85. The summed E-state index contributed by atoms with van der Waals surface area (Å²) in [6.45, 7) is 7.12. The third-order valence-electron chi connectivity index (χ3n) is 5.04. The molecule has 0 radical (unpaired) electrons. The van der Waals surface area contributed by atoms with Gasteiger partial charge in [-0.15, -0.1) is 0 Å². The number of amides is 1. The van der Waals surface area contributed by atoms with Crippen LogP contribution in [0.1, 0.15) is 42.5 Å². The first-order valence-electron chi connectivity index (χ1n) is 9.60. The molecule has 0 aliphatic carbocycles. The summed E-state index contributed by atoms with van der Waals surface area (Å²) in [7, 11) is 0. The molecular weight excluding hydrogens is 450 g/mol. The molecule has 30 heavy (non-hydrogen) atoms. The zero-order valence-electron chi connectivity index (χ0n) is 17.0. The number of rotatable bonds is 2. The van der Waals surface area contributed by atoms with Gasteiger partial charge in [-0.1, -0.05) is 15.9 Å². The molecule has 1 aliphatic rings. The van der Waals surface area contributed by atoms with E-state index in [2.05, 4.69) is 46.9 Å². The van der Waals surface area contributed by atoms with Crippen LogP contribution in [0.25, 0.3) is 5.69 Å². The number of hydrogen-bond acceptors (Lipinski definition) is 5. The van der Waals surface area contributed by atoms with Crippen molar-refractivity contribution in [3.05, 3.63) is 68.3 Å². The van der Waals surface area contributed by atoms with E-state index in [-0.39, 0.29) is 11.2 Å². The molecule has 4 rings (SSSR count). The maximum Gasteiger partial charge on any atom is 0.278 e. The third-order valence-corrected chi connectivity index (χ3v) is 5.57. The van der Waals surface area contributed by atoms with Crippen molar-refractivity contribution in [2.24, 2.45) is 0 Å². The third kappa shape index (κ3) is 3.65. The molecule has 3 heterocycles. The highest BCUT2D eigenvalue weighted by atomic mass is 79.9. The van der Waals surface area contributed by atoms with Gasteiger partial charge in [0.15, 0.2) is 11.4 Å². The zero-order valence-corrected chi connectivity index (χ0v) is 18.5. The SMILES string of the molecule is CC(C)(C)n1ncc2c1CCN(C(=O)c1nn(-c3ccc(Br)cc3)c(=O)cc1O)C2. The van der Waals surface area contributed by atoms with Crippen LogP contribution in [0.15, 0.2) is 45.8 Å². The lowest BCUT2D eigenvalue weighted by molar-refractivity contribution is 0.0720. The number of aromatic hydroxyl groups is 1. The number of fused-ring (bicyclic) bond motifs is 1. The normalized spacial score (nSPS) is 13.9. The number of carbonyl (C=O) groups is 1. The van der Waals surface area contributed by atoms with Crippen LogP contribution in [0.5, 0.6) is 5.75 Å². The first-order valence-corrected chi connectivity index (χ1v) is 10.4. The van der Waals surface area contributed by atoms with E-state index in [0.29, 0.717) is 25.2 Å². The van der Waals surface area contributed by atoms with Gasteiger partial charge in [0.1, 0.15) is 0 Å². The molecule has 0 fully saturated rings. The molecule has 9 heteroatoms. The van der Waals surface area contributed by atoms with E-state index in [4.69, 9.17) is 0 Å². The van der Waals surface area contributed by atoms with E-state index in [1.165, 1.54) is 0 Å². The van der Waals surface area contributed by atoms with Gasteiger partial charge >= 0.3 is 0 Å². The summed E-state index contributed by atoms with van der Waals surface area (Å²) in [4.78, 5) is 27.1. The largest absolute Gasteiger partial charge is 0.505 e. The lowest BCUT2D eigenvalue weighted by Crippen LogP contribution is -2.38. The standard InChI is InChI=1S/C21H22BrN5O3/c1-21(2,3)27-16-8-9-25(12-13(16)11-23-27)20(30)19-17(28)10-18(29)26(24-19)15-6-4-14(22)5-7-15/h4-7,10-11,28H,8-9,12H2,1-3H3. The predicted molar refractivity (Wildman–Crippen MR) is 115 cm³/mol. The summed E-state index contributed by atoms with van der Waals surface area (Å²) in [6, 6.07) is 7.98. The second kappa shape index (κ2) is 7.39. The minimum Gasteiger partial charge on any atom is -0.505 e. The lowest BCUT2D eigenvalue weighted by atomic mass is 10.0. The first-order chi connectivity index (χ1) is 14.1. The Morgan fingerprint density at radius 3 is 2.57 bits per heavy atom. The number of carbonyl (C=O) groups excluding carboxylic acids is 1. The number of benzene rings is 1. The van der Waals surface area contributed by atoms with Crippen LogP contribution >= 0.6 is 15.9 Å². The van der Waals surface area contributed by atoms with Crippen molar-refractivity contribution in [1.29, 1.82) is 0 Å². The maximum absolute atomic E-state index is 13.1. The molecule has 0 saturated carbocycles. The van der Waals surface area contributed by atoms with Gasteiger partial charge in [0.2, 0.25) is 0 Å². The van der Waals surface area contributed by atoms with Crippen molar-refractivity contribution < 1.29 is 9.90 Å². The second-order valence-electron chi connectivity index (χ2n) is 8.28. The second-order valence-corrected chi connectivity index (χ2v) is 9.20. The molecule has 0 spiro atoms. The molecule has 3 aromatic rings. The molecule has 1 N–H and O–H groups in total. The first kappa shape index (κ1) is 20.3. The molecule has 1 aliphatic heterocycles. The average Bonchev–Trinajstić information content (AvgIpc) is 3.12. The van der Waals surface area contributed by atoms with E-state index in [9.17, 15) is 14.7 Å². The van der Waals surface area contributed by atoms with Crippen LogP contribution in [0.2, 0.25) is 0 Å². The van der Waals surface area contributed by atoms with E-state index in [1.54, 1.807) is 35.4 Å². The van der Waals surface area contributed by atoms with Gasteiger partial charge in [-0.05, 0) is 45.0 Å². The lowest BCUT2D eigenvalue weighted by Gasteiger charge is -2.30. The summed E-state index contributed by atoms with van der Waals surface area (Å²) in [5.74, 6) is -0.845. The van der Waals surface area contributed by atoms with Gasteiger partial charge < -0.3 is 10.0 Å². The summed E-state index contributed by atoms with van der Waals surface area (Å²) >= 11 is 3.35. The number of aromatic nitrogens is 4. The Kier molecular flexibility index (Phi) is 5.01. The van der Waals surface area contributed by atoms with Gasteiger partial charge in [-0.3, -0.25) is 14.3 Å². The van der Waals surface area contributed by atoms with E-state index >= 15 is 0 Å². The highest BCUT2D eigenvalue weighted by Gasteiger charge is 2.30. The van der Waals surface area contributed by atoms with Crippen molar-refractivity contribution in [1.82, 2.24) is 24.5 Å². The Morgan fingerprint density at radius 1 is 1.20 bits per heavy atom. The molecular formula is C21H22BrN5O3. The van der Waals surface area contributed by atoms with Crippen molar-refractivity contribution in [3.63, 3.8) is 0 Å². The quantitative estimate of drug-likeness (QED) is 0.619. The summed E-state index contributed by atoms with van der Waals surface area (Å²) < 4.78 is 3.97. The topological polar surface area (TPSA) is 93.3 Å². The molecule has 2 aromatic heterocycles. The minimum atomic E-state index is -0.515. The summed E-state index contributed by atoms with van der Waals surface area (Å²) in [5.41, 5.74) is 1.79. The van der Waals surface area contributed by atoms with Crippen molar-refractivity contribution >= 4 is 21.8 Å². The Bertz CT molecular complexity index is 1170. The van der Waals surface area contributed by atoms with Crippen LogP contribution in [0.4, 0.5) is 0 Å². The van der Waals surface area contributed by atoms with Crippen LogP contribution < -0.4 is 5.56 Å². The zero-order chi connectivity index (χ0) is 21.6. The molecule has 0 atom stereocenters. The summed E-state index contributed by atoms with van der Waals surface area (Å²) in [5, 5.41) is 18.9. The van der Waals surface area contributed by atoms with Crippen molar-refractivity contribution in [2.75, 3.05) is 6.54 Å². The van der Waals surface area contributed by atoms with Crippen molar-refractivity contribution in [2.45, 2.75) is 39.3 Å². The molecule has 156 valence electrons. The molecule has 0 saturated heterocycles. The van der Waals surface area contributed by atoms with Crippen LogP contribution in [0, 0.1) is 0 Å². The smallest absolute Gasteiger partial charge is 0.278 e. The van der Waals surface area contributed by atoms with E-state index in [0.717, 1.165) is 26.5 Å². The monoisotopic (exact) mass is 471 g/mol. The van der Waals surface area contributed by atoms with Gasteiger partial charge in [0.25, 0.3) is 11.5 Å². The highest BCUT2D eigenvalue weighted by Crippen LogP contribution is 2.26. The van der Waals surface area contributed by atoms with E-state index < -0.39 is 17.2 Å². The van der Waals surface area contributed by atoms with Gasteiger partial charge in [0.05, 0.1) is 17.4 Å². The molecule has 8 nitrogen and oxygen atoms in total. The van der Waals surface area contributed by atoms with Crippen LogP contribution in [-0.2, 0) is 18.5 Å². The highest BCUT2D eigenvalue weighted by molar-refractivity contribution is 9.10. The number of nitrogens with zero attached hydrogens (tertiary/aromatic N) is 5. The van der Waals surface area contributed by atoms with Gasteiger partial charge in [-0.2, -0.15) is 14.9 Å². The van der Waals surface area contributed by atoms with Gasteiger partial charge in [-0.25, -0.2) is 0 Å². The fourth-order valence-corrected chi connectivity index (χ4v) is 3.86. The fourth-order valence-electron chi connectivity index (χ4n) is 3.60. The van der Waals surface area contributed by atoms with Crippen LogP contribution in [0.3, 0.4) is 0 Å². The Labute approximate surface area is 181 Å². The molecule has 0 unspecified atom stereocenters. The number of hydrogen-bond donors (Lipinski definition) is 1. The Balaban J connectivity index is 1.66. The van der Waals surface area contributed by atoms with Crippen LogP contribution in [-0.4, -0.2) is 42.0 Å². The Morgan fingerprint density at radius 2 is 1.90 bits per heavy atom. The van der Waals surface area contributed by atoms with Crippen molar-refractivity contribution in [3.8, 4) is 11.4 Å². The minimum absolute atomic E-state index is 0.139. The molecule has 0 bridgehead atoms. The maximum atomic E-state index is 13.1. The molecule has 1 aromatic carbocycles. The number of halogens is 1. The van der Waals surface area contributed by atoms with Gasteiger partial charge in [0, 0.05) is 41.3 Å². The summed E-state index contributed by atoms with van der Waals surface area (Å²) in [6.07, 6.45) is 2.45. The van der Waals surface area contributed by atoms with E-state index in [1.807, 2.05) is 4.68 Å².